The van der Waals surface area contributed by atoms with Gasteiger partial charge in [0.25, 0.3) is 0 Å². The molecule has 168 valence electrons. The molecule has 0 aliphatic carbocycles. The van der Waals surface area contributed by atoms with Crippen molar-refractivity contribution in [3.05, 3.63) is 47.1 Å². The number of hydrogen-bond donors (Lipinski definition) is 2. The third kappa shape index (κ3) is 5.36. The van der Waals surface area contributed by atoms with Crippen LogP contribution in [0.25, 0.3) is 0 Å². The minimum absolute atomic E-state index is 0.145. The van der Waals surface area contributed by atoms with Gasteiger partial charge in [-0.1, -0.05) is 18.5 Å². The van der Waals surface area contributed by atoms with Crippen LogP contribution >= 0.6 is 23.4 Å². The average molecular weight is 477 g/mol. The van der Waals surface area contributed by atoms with Gasteiger partial charge in [0.05, 0.1) is 5.56 Å². The fraction of sp³-hybridized carbons (Fsp3) is 0.400. The fourth-order valence-electron chi connectivity index (χ4n) is 3.12. The van der Waals surface area contributed by atoms with E-state index in [9.17, 15) is 23.1 Å². The third-order valence-electron chi connectivity index (χ3n) is 4.89. The van der Waals surface area contributed by atoms with Gasteiger partial charge in [-0.25, -0.2) is 4.98 Å². The van der Waals surface area contributed by atoms with Crippen molar-refractivity contribution >= 4 is 29.3 Å². The normalized spacial score (nSPS) is 22.2. The number of aliphatic carboxylic acids is 1. The van der Waals surface area contributed by atoms with Crippen molar-refractivity contribution in [1.82, 2.24) is 10.3 Å². The van der Waals surface area contributed by atoms with Crippen molar-refractivity contribution in [1.29, 1.82) is 0 Å². The molecule has 3 atom stereocenters. The van der Waals surface area contributed by atoms with Crippen LogP contribution in [0.2, 0.25) is 5.02 Å². The number of carboxylic acids is 1. The van der Waals surface area contributed by atoms with E-state index >= 15 is 0 Å². The highest BCUT2D eigenvalue weighted by Crippen LogP contribution is 2.39. The van der Waals surface area contributed by atoms with Gasteiger partial charge < -0.3 is 14.6 Å². The van der Waals surface area contributed by atoms with Crippen LogP contribution < -0.4 is 14.8 Å². The molecular weight excluding hydrogens is 457 g/mol. The van der Waals surface area contributed by atoms with Crippen molar-refractivity contribution in [2.45, 2.75) is 43.5 Å². The summed E-state index contributed by atoms with van der Waals surface area (Å²) in [5.41, 5.74) is -0.962. The second-order valence-electron chi connectivity index (χ2n) is 6.93. The summed E-state index contributed by atoms with van der Waals surface area (Å²) in [4.78, 5) is 14.4. The lowest BCUT2D eigenvalue weighted by molar-refractivity contribution is -0.139. The van der Waals surface area contributed by atoms with E-state index in [-0.39, 0.29) is 17.0 Å². The Labute approximate surface area is 186 Å². The van der Waals surface area contributed by atoms with E-state index in [1.807, 2.05) is 13.8 Å². The monoisotopic (exact) mass is 476 g/mol. The number of aromatic nitrogens is 1. The topological polar surface area (TPSA) is 80.7 Å². The number of alkyl halides is 3. The summed E-state index contributed by atoms with van der Waals surface area (Å²) in [5, 5.41) is 12.1. The number of pyridine rings is 1. The van der Waals surface area contributed by atoms with Gasteiger partial charge in [-0.2, -0.15) is 13.2 Å². The molecule has 0 saturated carbocycles. The Balaban J connectivity index is 1.66. The Morgan fingerprint density at radius 3 is 2.55 bits per heavy atom. The predicted octanol–water partition coefficient (Wildman–Crippen LogP) is 5.21. The highest BCUT2D eigenvalue weighted by atomic mass is 35.5. The first-order valence-corrected chi connectivity index (χ1v) is 10.7. The van der Waals surface area contributed by atoms with Gasteiger partial charge >= 0.3 is 12.1 Å². The summed E-state index contributed by atoms with van der Waals surface area (Å²) >= 11 is 7.38. The smallest absolute Gasteiger partial charge is 0.417 e. The summed E-state index contributed by atoms with van der Waals surface area (Å²) < 4.78 is 49.6. The highest BCUT2D eigenvalue weighted by molar-refractivity contribution is 8.01. The number of benzene rings is 1. The molecular formula is C20H20ClF3N2O4S. The second kappa shape index (κ2) is 9.13. The molecule has 2 N–H and O–H groups in total. The van der Waals surface area contributed by atoms with Gasteiger partial charge in [0.1, 0.15) is 33.5 Å². The highest BCUT2D eigenvalue weighted by Gasteiger charge is 2.46. The molecule has 6 nitrogen and oxygen atoms in total. The molecule has 1 saturated heterocycles. The van der Waals surface area contributed by atoms with Crippen LogP contribution in [0, 0.1) is 0 Å². The summed E-state index contributed by atoms with van der Waals surface area (Å²) in [7, 11) is 0. The number of nitrogens with zero attached hydrogens (tertiary/aromatic N) is 1. The Kier molecular flexibility index (Phi) is 6.92. The molecule has 2 aromatic rings. The first kappa shape index (κ1) is 23.5. The quantitative estimate of drug-likeness (QED) is 0.567. The molecule has 11 heteroatoms. The minimum atomic E-state index is -4.54. The number of carboxylic acid groups (broad SMARTS) is 1. The van der Waals surface area contributed by atoms with Gasteiger partial charge in [0, 0.05) is 11.9 Å². The maximum atomic E-state index is 12.7. The van der Waals surface area contributed by atoms with E-state index in [0.717, 1.165) is 6.07 Å². The molecule has 0 spiro atoms. The number of rotatable bonds is 7. The van der Waals surface area contributed by atoms with Gasteiger partial charge in [-0.3, -0.25) is 10.1 Å². The molecule has 2 heterocycles. The predicted molar refractivity (Wildman–Crippen MR) is 111 cm³/mol. The zero-order chi connectivity index (χ0) is 22.8. The zero-order valence-electron chi connectivity index (χ0n) is 16.6. The van der Waals surface area contributed by atoms with Crippen LogP contribution in [0.5, 0.6) is 17.4 Å². The molecule has 1 aromatic heterocycles. The zero-order valence-corrected chi connectivity index (χ0v) is 18.1. The lowest BCUT2D eigenvalue weighted by Gasteiger charge is -2.34. The average Bonchev–Trinajstić information content (AvgIpc) is 3.16. The Morgan fingerprint density at radius 1 is 1.39 bits per heavy atom. The molecule has 3 rings (SSSR count). The minimum Gasteiger partial charge on any atom is -0.488 e. The molecule has 0 radical (unpaired) electrons. The molecule has 1 aliphatic heterocycles. The fourth-order valence-corrected chi connectivity index (χ4v) is 4.73. The van der Waals surface area contributed by atoms with E-state index in [1.165, 1.54) is 11.8 Å². The van der Waals surface area contributed by atoms with Crippen LogP contribution in [0.15, 0.2) is 36.5 Å². The number of nitrogens with one attached hydrogen (secondary N) is 1. The summed E-state index contributed by atoms with van der Waals surface area (Å²) in [5.74, 6) is 0.254. The van der Waals surface area contributed by atoms with Gasteiger partial charge in [-0.15, -0.1) is 11.8 Å². The molecule has 31 heavy (non-hydrogen) atoms. The van der Waals surface area contributed by atoms with Crippen molar-refractivity contribution in [2.75, 3.05) is 5.75 Å². The summed E-state index contributed by atoms with van der Waals surface area (Å²) in [6.45, 7) is 3.83. The molecule has 1 fully saturated rings. The van der Waals surface area contributed by atoms with Gasteiger partial charge in [0.2, 0.25) is 5.88 Å². The van der Waals surface area contributed by atoms with E-state index in [1.54, 1.807) is 24.3 Å². The molecule has 1 aliphatic rings. The number of ether oxygens (including phenoxy) is 2. The lowest BCUT2D eigenvalue weighted by atomic mass is 10.1. The maximum absolute atomic E-state index is 12.7. The van der Waals surface area contributed by atoms with Crippen LogP contribution in [0.3, 0.4) is 0 Å². The first-order valence-electron chi connectivity index (χ1n) is 9.36. The number of thioether (sulfide) groups is 1. The summed E-state index contributed by atoms with van der Waals surface area (Å²) in [6, 6.07) is 6.55. The van der Waals surface area contributed by atoms with Gasteiger partial charge in [0.15, 0.2) is 0 Å². The molecule has 0 bridgehead atoms. The van der Waals surface area contributed by atoms with Crippen molar-refractivity contribution in [3.8, 4) is 17.4 Å². The molecule has 0 amide bonds. The van der Waals surface area contributed by atoms with Crippen molar-refractivity contribution in [2.24, 2.45) is 0 Å². The van der Waals surface area contributed by atoms with Gasteiger partial charge in [-0.05, 0) is 43.7 Å². The van der Waals surface area contributed by atoms with Crippen LogP contribution in [0.4, 0.5) is 13.2 Å². The largest absolute Gasteiger partial charge is 0.488 e. The standard InChI is InChI=1S/C20H20ClF3N2O4S/c1-3-19(26-16(10-31-19)18(27)28)11(2)29-13-4-6-14(7-5-13)30-17-15(21)8-12(9-25-17)20(22,23)24/h4-9,11,16,26H,3,10H2,1-2H3,(H,27,28)/t11?,16?,19-/m1/s1. The SMILES string of the molecule is CC[C@@]1(C(C)Oc2ccc(Oc3ncc(C(F)(F)F)cc3Cl)cc2)NC(C(=O)O)CS1. The molecule has 1 aromatic carbocycles. The Bertz CT molecular complexity index is 945. The number of halogens is 4. The Hall–Kier alpha value is -2.17. The maximum Gasteiger partial charge on any atom is 0.417 e. The number of carbonyl (C=O) groups is 1. The number of hydrogen-bond acceptors (Lipinski definition) is 6. The van der Waals surface area contributed by atoms with E-state index in [2.05, 4.69) is 10.3 Å². The van der Waals surface area contributed by atoms with E-state index in [0.29, 0.717) is 29.9 Å². The lowest BCUT2D eigenvalue weighted by Crippen LogP contribution is -2.53. The van der Waals surface area contributed by atoms with E-state index < -0.39 is 28.6 Å². The third-order valence-corrected chi connectivity index (χ3v) is 6.92. The Morgan fingerprint density at radius 2 is 2.03 bits per heavy atom. The van der Waals surface area contributed by atoms with E-state index in [4.69, 9.17) is 21.1 Å². The second-order valence-corrected chi connectivity index (χ2v) is 8.69. The van der Waals surface area contributed by atoms with Crippen LogP contribution in [-0.2, 0) is 11.0 Å². The van der Waals surface area contributed by atoms with Crippen molar-refractivity contribution in [3.63, 3.8) is 0 Å². The summed E-state index contributed by atoms with van der Waals surface area (Å²) in [6.07, 6.45) is -3.55. The first-order chi connectivity index (χ1) is 14.5. The van der Waals surface area contributed by atoms with Crippen LogP contribution in [0.1, 0.15) is 25.8 Å². The molecule has 2 unspecified atom stereocenters. The van der Waals surface area contributed by atoms with Crippen LogP contribution in [-0.4, -0.2) is 38.8 Å². The van der Waals surface area contributed by atoms with Crippen molar-refractivity contribution < 1.29 is 32.5 Å².